The molecule has 1 heterocycles. The molecule has 1 N–H and O–H groups in total. The predicted octanol–water partition coefficient (Wildman–Crippen LogP) is 5.38. The van der Waals surface area contributed by atoms with E-state index in [1.807, 2.05) is 0 Å². The summed E-state index contributed by atoms with van der Waals surface area (Å²) in [6.45, 7) is 1.20. The third-order valence-electron chi connectivity index (χ3n) is 7.33. The second-order valence-corrected chi connectivity index (χ2v) is 11.9. The van der Waals surface area contributed by atoms with Gasteiger partial charge in [0.2, 0.25) is 0 Å². The molecule has 6 nitrogen and oxygen atoms in total. The molecular formula is C25H24F8N2O4S. The molecule has 40 heavy (non-hydrogen) atoms. The molecule has 1 aliphatic heterocycles. The summed E-state index contributed by atoms with van der Waals surface area (Å²) >= 11 is 0. The number of halogens is 8. The van der Waals surface area contributed by atoms with Crippen molar-refractivity contribution in [3.63, 3.8) is 0 Å². The van der Waals surface area contributed by atoms with Crippen LogP contribution in [0, 0.1) is 5.82 Å². The first-order valence-electron chi connectivity index (χ1n) is 12.1. The Morgan fingerprint density at radius 1 is 0.900 bits per heavy atom. The van der Waals surface area contributed by atoms with E-state index in [2.05, 4.69) is 5.32 Å². The molecule has 2 unspecified atom stereocenters. The number of carbonyl (C=O) groups is 1. The van der Waals surface area contributed by atoms with Crippen molar-refractivity contribution < 1.29 is 53.1 Å². The fraction of sp³-hybridized carbons (Fsp3) is 0.480. The first kappa shape index (κ1) is 30.0. The molecule has 2 atom stereocenters. The Morgan fingerprint density at radius 3 is 1.98 bits per heavy atom. The monoisotopic (exact) mass is 600 g/mol. The lowest BCUT2D eigenvalue weighted by Crippen LogP contribution is -2.50. The Labute approximate surface area is 224 Å². The zero-order valence-electron chi connectivity index (χ0n) is 20.7. The largest absolute Gasteiger partial charge is 0.435 e. The number of alkyl halides is 7. The van der Waals surface area contributed by atoms with Crippen LogP contribution in [-0.2, 0) is 25.0 Å². The van der Waals surface area contributed by atoms with Crippen LogP contribution >= 0.6 is 0 Å². The molecule has 2 aromatic carbocycles. The number of sulfone groups is 1. The van der Waals surface area contributed by atoms with Crippen LogP contribution in [0.1, 0.15) is 30.4 Å². The lowest BCUT2D eigenvalue weighted by Gasteiger charge is -2.33. The number of rotatable bonds is 5. The molecule has 2 aliphatic rings. The van der Waals surface area contributed by atoms with Crippen molar-refractivity contribution in [2.24, 2.45) is 0 Å². The van der Waals surface area contributed by atoms with Crippen molar-refractivity contribution >= 4 is 15.9 Å². The standard InChI is InChI=1S/C25H24F8N2O4S/c26-18-5-7-20(8-6-18)40(37,38)22(10-9-19(15-22)34-21(36)35-11-13-39-14-12-35)16-1-3-17(4-2-16)23(27,24(28,29)30)25(31,32)33/h1-8,19H,9-15H2,(H,34,36). The molecule has 220 valence electrons. The van der Waals surface area contributed by atoms with Gasteiger partial charge in [0.1, 0.15) is 10.6 Å². The van der Waals surface area contributed by atoms with Crippen molar-refractivity contribution in [1.29, 1.82) is 0 Å². The molecule has 4 rings (SSSR count). The number of hydrogen-bond donors (Lipinski definition) is 1. The molecule has 2 fully saturated rings. The Kier molecular flexibility index (Phi) is 7.86. The molecule has 2 amide bonds. The summed E-state index contributed by atoms with van der Waals surface area (Å²) in [5.74, 6) is -0.738. The lowest BCUT2D eigenvalue weighted by atomic mass is 9.89. The van der Waals surface area contributed by atoms with Gasteiger partial charge in [0, 0.05) is 24.7 Å². The Balaban J connectivity index is 1.74. The number of ether oxygens (including phenoxy) is 1. The summed E-state index contributed by atoms with van der Waals surface area (Å²) in [7, 11) is -4.46. The maximum atomic E-state index is 14.6. The quantitative estimate of drug-likeness (QED) is 0.370. The number of benzene rings is 2. The molecular weight excluding hydrogens is 576 g/mol. The van der Waals surface area contributed by atoms with E-state index in [0.29, 0.717) is 38.4 Å². The van der Waals surface area contributed by atoms with Gasteiger partial charge >= 0.3 is 24.1 Å². The summed E-state index contributed by atoms with van der Waals surface area (Å²) in [6, 6.07) is 4.48. The highest BCUT2D eigenvalue weighted by Crippen LogP contribution is 2.54. The van der Waals surface area contributed by atoms with Gasteiger partial charge in [0.05, 0.1) is 18.1 Å². The highest BCUT2D eigenvalue weighted by molar-refractivity contribution is 7.92. The first-order valence-corrected chi connectivity index (χ1v) is 13.6. The van der Waals surface area contributed by atoms with Gasteiger partial charge in [-0.15, -0.1) is 0 Å². The molecule has 1 aliphatic carbocycles. The summed E-state index contributed by atoms with van der Waals surface area (Å²) in [5, 5.41) is 2.73. The molecule has 0 radical (unpaired) electrons. The van der Waals surface area contributed by atoms with E-state index in [-0.39, 0.29) is 41.9 Å². The average molecular weight is 601 g/mol. The number of morpholine rings is 1. The number of hydrogen-bond acceptors (Lipinski definition) is 4. The average Bonchev–Trinajstić information content (AvgIpc) is 3.33. The smallest absolute Gasteiger partial charge is 0.378 e. The maximum Gasteiger partial charge on any atom is 0.435 e. The highest BCUT2D eigenvalue weighted by Gasteiger charge is 2.73. The number of nitrogens with one attached hydrogen (secondary N) is 1. The molecule has 0 spiro atoms. The van der Waals surface area contributed by atoms with E-state index in [4.69, 9.17) is 4.74 Å². The third-order valence-corrected chi connectivity index (χ3v) is 9.86. The minimum absolute atomic E-state index is 0.0937. The van der Waals surface area contributed by atoms with E-state index < -0.39 is 56.1 Å². The van der Waals surface area contributed by atoms with Crippen LogP contribution in [0.5, 0.6) is 0 Å². The van der Waals surface area contributed by atoms with Crippen LogP contribution in [0.4, 0.5) is 39.9 Å². The second-order valence-electron chi connectivity index (χ2n) is 9.67. The summed E-state index contributed by atoms with van der Waals surface area (Å²) in [5.41, 5.74) is -7.65. The van der Waals surface area contributed by atoms with Gasteiger partial charge in [0.15, 0.2) is 9.84 Å². The SMILES string of the molecule is O=C(NC1CCC(c2ccc(C(F)(C(F)(F)F)C(F)(F)F)cc2)(S(=O)(=O)c2ccc(F)cc2)C1)N1CCOCC1. The van der Waals surface area contributed by atoms with Crippen molar-refractivity contribution in [3.05, 3.63) is 65.5 Å². The van der Waals surface area contributed by atoms with Gasteiger partial charge in [-0.2, -0.15) is 26.3 Å². The van der Waals surface area contributed by atoms with E-state index in [1.54, 1.807) is 0 Å². The lowest BCUT2D eigenvalue weighted by molar-refractivity contribution is -0.348. The van der Waals surface area contributed by atoms with Crippen molar-refractivity contribution in [2.45, 2.75) is 53.0 Å². The van der Waals surface area contributed by atoms with E-state index in [1.165, 1.54) is 4.90 Å². The minimum atomic E-state index is -6.34. The van der Waals surface area contributed by atoms with Gasteiger partial charge in [-0.25, -0.2) is 22.0 Å². The highest BCUT2D eigenvalue weighted by atomic mass is 32.2. The van der Waals surface area contributed by atoms with Crippen LogP contribution in [0.15, 0.2) is 53.4 Å². The Bertz CT molecular complexity index is 1310. The maximum absolute atomic E-state index is 14.6. The van der Waals surface area contributed by atoms with E-state index >= 15 is 0 Å². The van der Waals surface area contributed by atoms with Gasteiger partial charge in [-0.3, -0.25) is 0 Å². The molecule has 15 heteroatoms. The topological polar surface area (TPSA) is 75.7 Å². The van der Waals surface area contributed by atoms with Crippen molar-refractivity contribution in [2.75, 3.05) is 26.3 Å². The van der Waals surface area contributed by atoms with Crippen molar-refractivity contribution in [3.8, 4) is 0 Å². The fourth-order valence-corrected chi connectivity index (χ4v) is 7.36. The van der Waals surface area contributed by atoms with Gasteiger partial charge in [-0.05, 0) is 49.1 Å². The molecule has 1 saturated carbocycles. The molecule has 0 aromatic heterocycles. The van der Waals surface area contributed by atoms with Crippen LogP contribution in [0.3, 0.4) is 0 Å². The zero-order valence-corrected chi connectivity index (χ0v) is 21.5. The molecule has 1 saturated heterocycles. The zero-order chi connectivity index (χ0) is 29.6. The summed E-state index contributed by atoms with van der Waals surface area (Å²) in [6.07, 6.45) is -13.1. The first-order chi connectivity index (χ1) is 18.5. The number of urea groups is 1. The van der Waals surface area contributed by atoms with E-state index in [0.717, 1.165) is 24.3 Å². The number of carbonyl (C=O) groups excluding carboxylic acids is 1. The molecule has 0 bridgehead atoms. The Hall–Kier alpha value is -2.94. The van der Waals surface area contributed by atoms with Crippen LogP contribution in [-0.4, -0.2) is 64.0 Å². The number of nitrogens with zero attached hydrogens (tertiary/aromatic N) is 1. The normalized spacial score (nSPS) is 22.8. The van der Waals surface area contributed by atoms with E-state index in [9.17, 15) is 48.3 Å². The second kappa shape index (κ2) is 10.5. The van der Waals surface area contributed by atoms with Crippen LogP contribution in [0.25, 0.3) is 0 Å². The number of amides is 2. The van der Waals surface area contributed by atoms with Crippen LogP contribution in [0.2, 0.25) is 0 Å². The van der Waals surface area contributed by atoms with Crippen molar-refractivity contribution in [1.82, 2.24) is 10.2 Å². The van der Waals surface area contributed by atoms with Gasteiger partial charge < -0.3 is 15.0 Å². The van der Waals surface area contributed by atoms with Gasteiger partial charge in [-0.1, -0.05) is 24.3 Å². The van der Waals surface area contributed by atoms with Gasteiger partial charge in [0.25, 0.3) is 0 Å². The molecule has 2 aromatic rings. The predicted molar refractivity (Wildman–Crippen MR) is 125 cm³/mol. The fourth-order valence-electron chi connectivity index (χ4n) is 5.16. The minimum Gasteiger partial charge on any atom is -0.378 e. The third kappa shape index (κ3) is 5.13. The Morgan fingerprint density at radius 2 is 1.45 bits per heavy atom. The summed E-state index contributed by atoms with van der Waals surface area (Å²) < 4.78 is 139. The van der Waals surface area contributed by atoms with Crippen LogP contribution < -0.4 is 5.32 Å². The summed E-state index contributed by atoms with van der Waals surface area (Å²) in [4.78, 5) is 13.8.